The summed E-state index contributed by atoms with van der Waals surface area (Å²) in [5.41, 5.74) is 3.32. The molecular formula is C22H26ClNO4. The summed E-state index contributed by atoms with van der Waals surface area (Å²) in [6.45, 7) is 2.51. The lowest BCUT2D eigenvalue weighted by Crippen LogP contribution is -2.37. The predicted molar refractivity (Wildman–Crippen MR) is 109 cm³/mol. The van der Waals surface area contributed by atoms with Crippen molar-refractivity contribution in [3.8, 4) is 5.75 Å². The normalized spacial score (nSPS) is 16.9. The molecule has 3 rings (SSSR count). The lowest BCUT2D eigenvalue weighted by molar-refractivity contribution is -0.145. The fraction of sp³-hybridized carbons (Fsp3) is 0.409. The maximum atomic E-state index is 11.5. The van der Waals surface area contributed by atoms with Gasteiger partial charge in [-0.25, -0.2) is 4.79 Å². The second kappa shape index (κ2) is 9.92. The summed E-state index contributed by atoms with van der Waals surface area (Å²) in [4.78, 5) is 11.5. The Labute approximate surface area is 170 Å². The highest BCUT2D eigenvalue weighted by molar-refractivity contribution is 6.30. The molecule has 2 N–H and O–H groups in total. The van der Waals surface area contributed by atoms with E-state index in [4.69, 9.17) is 21.1 Å². The molecule has 1 aliphatic carbocycles. The van der Waals surface area contributed by atoms with Crippen LogP contribution >= 0.6 is 11.6 Å². The van der Waals surface area contributed by atoms with Gasteiger partial charge in [0, 0.05) is 17.6 Å². The summed E-state index contributed by atoms with van der Waals surface area (Å²) in [7, 11) is 0. The predicted octanol–water partition coefficient (Wildman–Crippen LogP) is 3.46. The third-order valence-corrected chi connectivity index (χ3v) is 5.14. The van der Waals surface area contributed by atoms with Gasteiger partial charge in [0.25, 0.3) is 0 Å². The summed E-state index contributed by atoms with van der Waals surface area (Å²) >= 11 is 6.00. The smallest absolute Gasteiger partial charge is 0.344 e. The van der Waals surface area contributed by atoms with Gasteiger partial charge in [-0.2, -0.15) is 0 Å². The van der Waals surface area contributed by atoms with Crippen molar-refractivity contribution in [2.24, 2.45) is 0 Å². The zero-order valence-corrected chi connectivity index (χ0v) is 16.7. The van der Waals surface area contributed by atoms with Crippen LogP contribution < -0.4 is 10.1 Å². The van der Waals surface area contributed by atoms with Crippen molar-refractivity contribution in [2.45, 2.75) is 38.3 Å². The number of carbonyl (C=O) groups excluding carboxylic acids is 1. The summed E-state index contributed by atoms with van der Waals surface area (Å²) in [5.74, 6) is 0.307. The minimum atomic E-state index is -0.598. The van der Waals surface area contributed by atoms with Gasteiger partial charge < -0.3 is 19.9 Å². The molecule has 0 saturated carbocycles. The molecule has 6 heteroatoms. The molecule has 0 aromatic heterocycles. The summed E-state index contributed by atoms with van der Waals surface area (Å²) < 4.78 is 10.4. The first-order valence-corrected chi connectivity index (χ1v) is 10.00. The number of benzene rings is 2. The van der Waals surface area contributed by atoms with E-state index in [9.17, 15) is 9.90 Å². The van der Waals surface area contributed by atoms with Gasteiger partial charge >= 0.3 is 5.97 Å². The topological polar surface area (TPSA) is 67.8 Å². The van der Waals surface area contributed by atoms with Crippen LogP contribution in [0.25, 0.3) is 0 Å². The molecule has 2 aromatic rings. The Morgan fingerprint density at radius 2 is 2.14 bits per heavy atom. The Morgan fingerprint density at radius 1 is 1.29 bits per heavy atom. The quantitative estimate of drug-likeness (QED) is 0.660. The number of hydrogen-bond acceptors (Lipinski definition) is 5. The molecule has 0 heterocycles. The van der Waals surface area contributed by atoms with Gasteiger partial charge in [0.2, 0.25) is 0 Å². The fourth-order valence-corrected chi connectivity index (χ4v) is 3.65. The first-order valence-electron chi connectivity index (χ1n) is 9.62. The molecule has 2 aromatic carbocycles. The van der Waals surface area contributed by atoms with Crippen molar-refractivity contribution in [2.75, 3.05) is 19.8 Å². The lowest BCUT2D eigenvalue weighted by Gasteiger charge is -2.27. The zero-order valence-electron chi connectivity index (χ0n) is 16.0. The van der Waals surface area contributed by atoms with E-state index in [-0.39, 0.29) is 18.6 Å². The molecule has 0 unspecified atom stereocenters. The number of halogens is 1. The first kappa shape index (κ1) is 20.6. The molecule has 1 aliphatic rings. The van der Waals surface area contributed by atoms with E-state index in [1.165, 1.54) is 11.1 Å². The largest absolute Gasteiger partial charge is 0.482 e. The molecular weight excluding hydrogens is 378 g/mol. The molecule has 0 bridgehead atoms. The Kier molecular flexibility index (Phi) is 7.31. The van der Waals surface area contributed by atoms with Gasteiger partial charge in [-0.05, 0) is 67.1 Å². The molecule has 0 fully saturated rings. The maximum absolute atomic E-state index is 11.5. The number of ether oxygens (including phenoxy) is 2. The number of carbonyl (C=O) groups is 1. The molecule has 0 radical (unpaired) electrons. The second-order valence-electron chi connectivity index (χ2n) is 6.94. The van der Waals surface area contributed by atoms with E-state index in [0.29, 0.717) is 23.9 Å². The van der Waals surface area contributed by atoms with Gasteiger partial charge in [-0.1, -0.05) is 29.8 Å². The second-order valence-corrected chi connectivity index (χ2v) is 7.38. The van der Waals surface area contributed by atoms with Gasteiger partial charge in [0.1, 0.15) is 5.75 Å². The highest BCUT2D eigenvalue weighted by Crippen LogP contribution is 2.26. The number of fused-ring (bicyclic) bond motifs is 1. The van der Waals surface area contributed by atoms with Crippen molar-refractivity contribution >= 4 is 17.6 Å². The fourth-order valence-electron chi connectivity index (χ4n) is 3.45. The van der Waals surface area contributed by atoms with E-state index < -0.39 is 6.10 Å². The van der Waals surface area contributed by atoms with Crippen LogP contribution in [-0.2, 0) is 22.4 Å². The van der Waals surface area contributed by atoms with E-state index >= 15 is 0 Å². The molecule has 28 heavy (non-hydrogen) atoms. The molecule has 150 valence electrons. The molecule has 0 amide bonds. The van der Waals surface area contributed by atoms with Crippen molar-refractivity contribution in [1.29, 1.82) is 0 Å². The first-order chi connectivity index (χ1) is 13.5. The number of hydrogen-bond donors (Lipinski definition) is 2. The molecule has 0 saturated heterocycles. The SMILES string of the molecule is CCOC(=O)COc1ccc2c(c1)C[C@@H](NC[C@@H](O)c1cccc(Cl)c1)CC2. The number of rotatable bonds is 8. The zero-order chi connectivity index (χ0) is 19.9. The van der Waals surface area contributed by atoms with Crippen LogP contribution in [-0.4, -0.2) is 36.9 Å². The highest BCUT2D eigenvalue weighted by atomic mass is 35.5. The van der Waals surface area contributed by atoms with Crippen LogP contribution in [0, 0.1) is 0 Å². The number of esters is 1. The van der Waals surface area contributed by atoms with E-state index in [2.05, 4.69) is 11.4 Å². The summed E-state index contributed by atoms with van der Waals surface area (Å²) in [6.07, 6.45) is 2.24. The van der Waals surface area contributed by atoms with E-state index in [1.54, 1.807) is 19.1 Å². The van der Waals surface area contributed by atoms with Gasteiger partial charge in [-0.15, -0.1) is 0 Å². The Morgan fingerprint density at radius 3 is 2.93 bits per heavy atom. The molecule has 0 aliphatic heterocycles. The molecule has 0 spiro atoms. The Balaban J connectivity index is 1.54. The van der Waals surface area contributed by atoms with Gasteiger partial charge in [0.15, 0.2) is 6.61 Å². The van der Waals surface area contributed by atoms with Crippen LogP contribution in [0.1, 0.15) is 36.1 Å². The van der Waals surface area contributed by atoms with Crippen LogP contribution in [0.5, 0.6) is 5.75 Å². The number of aliphatic hydroxyl groups excluding tert-OH is 1. The van der Waals surface area contributed by atoms with E-state index in [1.807, 2.05) is 24.3 Å². The summed E-state index contributed by atoms with van der Waals surface area (Å²) in [5, 5.41) is 14.5. The molecule has 5 nitrogen and oxygen atoms in total. The maximum Gasteiger partial charge on any atom is 0.344 e. The lowest BCUT2D eigenvalue weighted by atomic mass is 9.88. The standard InChI is InChI=1S/C22H26ClNO4/c1-2-27-22(26)14-28-20-9-7-15-6-8-19(11-17(15)12-20)24-13-21(25)16-4-3-5-18(23)10-16/h3-5,7,9-10,12,19,21,24-25H,2,6,8,11,13-14H2,1H3/t19-,21+/m0/s1. The minimum Gasteiger partial charge on any atom is -0.482 e. The Bertz CT molecular complexity index is 811. The van der Waals surface area contributed by atoms with Crippen LogP contribution in [0.3, 0.4) is 0 Å². The highest BCUT2D eigenvalue weighted by Gasteiger charge is 2.20. The minimum absolute atomic E-state index is 0.0832. The van der Waals surface area contributed by atoms with Crippen molar-refractivity contribution < 1.29 is 19.4 Å². The van der Waals surface area contributed by atoms with Gasteiger partial charge in [-0.3, -0.25) is 0 Å². The number of aryl methyl sites for hydroxylation is 1. The average Bonchev–Trinajstić information content (AvgIpc) is 2.70. The average molecular weight is 404 g/mol. The molecule has 2 atom stereocenters. The summed E-state index contributed by atoms with van der Waals surface area (Å²) in [6, 6.07) is 13.5. The Hall–Kier alpha value is -2.08. The third-order valence-electron chi connectivity index (χ3n) is 4.90. The van der Waals surface area contributed by atoms with Crippen molar-refractivity contribution in [1.82, 2.24) is 5.32 Å². The monoisotopic (exact) mass is 403 g/mol. The van der Waals surface area contributed by atoms with E-state index in [0.717, 1.165) is 24.8 Å². The van der Waals surface area contributed by atoms with Crippen molar-refractivity contribution in [3.63, 3.8) is 0 Å². The van der Waals surface area contributed by atoms with Crippen LogP contribution in [0.2, 0.25) is 5.02 Å². The van der Waals surface area contributed by atoms with Crippen LogP contribution in [0.15, 0.2) is 42.5 Å². The number of aliphatic hydroxyl groups is 1. The van der Waals surface area contributed by atoms with Gasteiger partial charge in [0.05, 0.1) is 12.7 Å². The van der Waals surface area contributed by atoms with Crippen molar-refractivity contribution in [3.05, 3.63) is 64.2 Å². The number of nitrogens with one attached hydrogen (secondary N) is 1. The van der Waals surface area contributed by atoms with Crippen LogP contribution in [0.4, 0.5) is 0 Å². The third kappa shape index (κ3) is 5.71.